The number of nitrogens with zero attached hydrogens (tertiary/aromatic N) is 3. The molecule has 0 saturated carbocycles. The average molecular weight is 517 g/mol. The maximum atomic E-state index is 5.47. The van der Waals surface area contributed by atoms with Gasteiger partial charge in [0, 0.05) is 19.7 Å². The third-order valence-corrected chi connectivity index (χ3v) is 4.16. The molecule has 0 saturated heterocycles. The van der Waals surface area contributed by atoms with Crippen molar-refractivity contribution in [3.8, 4) is 5.75 Å². The molecule has 0 amide bonds. The third-order valence-electron chi connectivity index (χ3n) is 4.16. The van der Waals surface area contributed by atoms with Crippen molar-refractivity contribution >= 4 is 29.9 Å². The number of nitrogens with one attached hydrogen (secondary N) is 2. The molecule has 2 N–H and O–H groups in total. The van der Waals surface area contributed by atoms with E-state index < -0.39 is 0 Å². The zero-order valence-corrected chi connectivity index (χ0v) is 20.1. The third kappa shape index (κ3) is 8.17. The predicted octanol–water partition coefficient (Wildman–Crippen LogP) is 3.40. The second-order valence-electron chi connectivity index (χ2n) is 6.32. The molecule has 1 aromatic heterocycles. The van der Waals surface area contributed by atoms with Crippen molar-refractivity contribution in [3.63, 3.8) is 0 Å². The second kappa shape index (κ2) is 13.4. The molecular weight excluding hydrogens is 485 g/mol. The van der Waals surface area contributed by atoms with Crippen molar-refractivity contribution < 1.29 is 14.0 Å². The molecule has 0 bridgehead atoms. The first-order valence-corrected chi connectivity index (χ1v) is 9.67. The number of aliphatic imine (C=N–C) groups is 1. The summed E-state index contributed by atoms with van der Waals surface area (Å²) in [5, 5.41) is 10.5. The SMILES string of the molecule is CCNC(=NCc1nc(C(C)OCC)no1)NCCc1ccc(C)c(OC)c1.I. The van der Waals surface area contributed by atoms with Gasteiger partial charge in [0.05, 0.1) is 7.11 Å². The van der Waals surface area contributed by atoms with Crippen molar-refractivity contribution in [1.82, 2.24) is 20.8 Å². The minimum Gasteiger partial charge on any atom is -0.496 e. The van der Waals surface area contributed by atoms with Crippen molar-refractivity contribution in [1.29, 1.82) is 0 Å². The largest absolute Gasteiger partial charge is 0.496 e. The summed E-state index contributed by atoms with van der Waals surface area (Å²) < 4.78 is 16.1. The minimum atomic E-state index is -0.190. The topological polar surface area (TPSA) is 93.8 Å². The Bertz CT molecular complexity index is 766. The van der Waals surface area contributed by atoms with Gasteiger partial charge in [0.25, 0.3) is 0 Å². The van der Waals surface area contributed by atoms with E-state index in [1.165, 1.54) is 5.56 Å². The summed E-state index contributed by atoms with van der Waals surface area (Å²) in [6, 6.07) is 6.26. The molecule has 2 aromatic rings. The number of aryl methyl sites for hydroxylation is 1. The summed E-state index contributed by atoms with van der Waals surface area (Å²) in [7, 11) is 1.69. The summed E-state index contributed by atoms with van der Waals surface area (Å²) >= 11 is 0. The van der Waals surface area contributed by atoms with Crippen molar-refractivity contribution in [2.45, 2.75) is 46.8 Å². The van der Waals surface area contributed by atoms with Gasteiger partial charge in [0.2, 0.25) is 5.89 Å². The van der Waals surface area contributed by atoms with E-state index in [-0.39, 0.29) is 30.1 Å². The van der Waals surface area contributed by atoms with Gasteiger partial charge in [0.15, 0.2) is 11.8 Å². The standard InChI is InChI=1S/C20H31N5O3.HI/c1-6-21-20(22-11-10-16-9-8-14(3)17(12-16)26-5)23-13-18-24-19(25-28-18)15(4)27-7-2;/h8-9,12,15H,6-7,10-11,13H2,1-5H3,(H2,21,22,23);1H. The van der Waals surface area contributed by atoms with Crippen LogP contribution < -0.4 is 15.4 Å². The van der Waals surface area contributed by atoms with E-state index in [0.717, 1.165) is 30.8 Å². The Morgan fingerprint density at radius 2 is 2.07 bits per heavy atom. The van der Waals surface area contributed by atoms with Gasteiger partial charge in [-0.2, -0.15) is 4.98 Å². The number of hydrogen-bond donors (Lipinski definition) is 2. The highest BCUT2D eigenvalue weighted by atomic mass is 127. The molecule has 0 fully saturated rings. The Labute approximate surface area is 189 Å². The molecule has 29 heavy (non-hydrogen) atoms. The molecule has 0 spiro atoms. The lowest BCUT2D eigenvalue weighted by atomic mass is 10.1. The normalized spacial score (nSPS) is 12.2. The van der Waals surface area contributed by atoms with E-state index in [1.807, 2.05) is 27.7 Å². The van der Waals surface area contributed by atoms with Crippen LogP contribution in [0, 0.1) is 6.92 Å². The van der Waals surface area contributed by atoms with Crippen LogP contribution in [0.1, 0.15) is 49.7 Å². The van der Waals surface area contributed by atoms with Gasteiger partial charge in [-0.05, 0) is 51.3 Å². The van der Waals surface area contributed by atoms with Crippen LogP contribution in [0.5, 0.6) is 5.75 Å². The molecule has 0 aliphatic heterocycles. The maximum absolute atomic E-state index is 5.47. The molecule has 0 aliphatic rings. The number of hydrogen-bond acceptors (Lipinski definition) is 6. The number of methoxy groups -OCH3 is 1. The molecule has 1 heterocycles. The van der Waals surface area contributed by atoms with E-state index >= 15 is 0 Å². The smallest absolute Gasteiger partial charge is 0.248 e. The second-order valence-corrected chi connectivity index (χ2v) is 6.32. The van der Waals surface area contributed by atoms with Crippen molar-refractivity contribution in [2.24, 2.45) is 4.99 Å². The van der Waals surface area contributed by atoms with Gasteiger partial charge in [-0.3, -0.25) is 0 Å². The quantitative estimate of drug-likeness (QED) is 0.284. The van der Waals surface area contributed by atoms with Crippen LogP contribution in [0.4, 0.5) is 0 Å². The van der Waals surface area contributed by atoms with E-state index in [9.17, 15) is 0 Å². The van der Waals surface area contributed by atoms with E-state index in [0.29, 0.717) is 30.8 Å². The summed E-state index contributed by atoms with van der Waals surface area (Å²) in [4.78, 5) is 8.85. The molecule has 8 nitrogen and oxygen atoms in total. The predicted molar refractivity (Wildman–Crippen MR) is 124 cm³/mol. The molecule has 1 atom stereocenters. The fourth-order valence-electron chi connectivity index (χ4n) is 2.66. The molecule has 0 aliphatic carbocycles. The molecule has 9 heteroatoms. The number of ether oxygens (including phenoxy) is 2. The van der Waals surface area contributed by atoms with Crippen molar-refractivity contribution in [3.05, 3.63) is 41.0 Å². The Morgan fingerprint density at radius 1 is 1.28 bits per heavy atom. The van der Waals surface area contributed by atoms with Gasteiger partial charge >= 0.3 is 0 Å². The number of rotatable bonds is 10. The molecule has 2 rings (SSSR count). The molecule has 162 valence electrons. The maximum Gasteiger partial charge on any atom is 0.248 e. The lowest BCUT2D eigenvalue weighted by Crippen LogP contribution is -2.38. The zero-order chi connectivity index (χ0) is 20.4. The Morgan fingerprint density at radius 3 is 2.76 bits per heavy atom. The van der Waals surface area contributed by atoms with Crippen LogP contribution in [0.15, 0.2) is 27.7 Å². The number of halogens is 1. The fourth-order valence-corrected chi connectivity index (χ4v) is 2.66. The first kappa shape index (κ1) is 25.2. The summed E-state index contributed by atoms with van der Waals surface area (Å²) in [6.07, 6.45) is 0.668. The van der Waals surface area contributed by atoms with Crippen molar-refractivity contribution in [2.75, 3.05) is 26.8 Å². The highest BCUT2D eigenvalue weighted by molar-refractivity contribution is 14.0. The zero-order valence-electron chi connectivity index (χ0n) is 17.8. The number of aromatic nitrogens is 2. The highest BCUT2D eigenvalue weighted by Gasteiger charge is 2.13. The lowest BCUT2D eigenvalue weighted by molar-refractivity contribution is 0.0683. The monoisotopic (exact) mass is 517 g/mol. The minimum absolute atomic E-state index is 0. The Hall–Kier alpha value is -1.88. The Balaban J connectivity index is 0.00000420. The van der Waals surface area contributed by atoms with Gasteiger partial charge in [-0.25, -0.2) is 4.99 Å². The van der Waals surface area contributed by atoms with Crippen LogP contribution in [-0.2, 0) is 17.7 Å². The Kier molecular flexibility index (Phi) is 11.6. The van der Waals surface area contributed by atoms with E-state index in [2.05, 4.69) is 44.0 Å². The van der Waals surface area contributed by atoms with Gasteiger partial charge in [-0.15, -0.1) is 24.0 Å². The van der Waals surface area contributed by atoms with Gasteiger partial charge in [0.1, 0.15) is 18.4 Å². The summed E-state index contributed by atoms with van der Waals surface area (Å²) in [5.41, 5.74) is 2.34. The fraction of sp³-hybridized carbons (Fsp3) is 0.550. The molecule has 1 unspecified atom stereocenters. The number of guanidine groups is 1. The summed E-state index contributed by atoms with van der Waals surface area (Å²) in [6.45, 7) is 10.3. The highest BCUT2D eigenvalue weighted by Crippen LogP contribution is 2.19. The van der Waals surface area contributed by atoms with Gasteiger partial charge < -0.3 is 24.6 Å². The first-order chi connectivity index (χ1) is 13.6. The molecule has 1 aromatic carbocycles. The van der Waals surface area contributed by atoms with Crippen LogP contribution in [0.25, 0.3) is 0 Å². The lowest BCUT2D eigenvalue weighted by Gasteiger charge is -2.12. The van der Waals surface area contributed by atoms with Crippen LogP contribution >= 0.6 is 24.0 Å². The van der Waals surface area contributed by atoms with Crippen LogP contribution in [0.3, 0.4) is 0 Å². The number of benzene rings is 1. The first-order valence-electron chi connectivity index (χ1n) is 9.67. The van der Waals surface area contributed by atoms with Gasteiger partial charge in [-0.1, -0.05) is 17.3 Å². The average Bonchev–Trinajstić information content (AvgIpc) is 3.17. The van der Waals surface area contributed by atoms with Crippen LogP contribution in [0.2, 0.25) is 0 Å². The van der Waals surface area contributed by atoms with Crippen LogP contribution in [-0.4, -0.2) is 42.9 Å². The molecular formula is C20H32IN5O3. The van der Waals surface area contributed by atoms with E-state index in [4.69, 9.17) is 14.0 Å². The molecule has 0 radical (unpaired) electrons. The summed E-state index contributed by atoms with van der Waals surface area (Å²) in [5.74, 6) is 2.62. The van der Waals surface area contributed by atoms with E-state index in [1.54, 1.807) is 7.11 Å².